The fraction of sp³-hybridized carbons (Fsp3) is 0.529. The van der Waals surface area contributed by atoms with E-state index in [4.69, 9.17) is 14.2 Å². The Kier molecular flexibility index (Phi) is 6.87. The molecule has 1 aromatic carbocycles. The van der Waals surface area contributed by atoms with Crippen molar-refractivity contribution < 1.29 is 23.8 Å². The molecule has 6 heteroatoms. The molecule has 1 saturated heterocycles. The lowest BCUT2D eigenvalue weighted by molar-refractivity contribution is -0.124. The van der Waals surface area contributed by atoms with E-state index in [0.717, 1.165) is 25.9 Å². The summed E-state index contributed by atoms with van der Waals surface area (Å²) in [4.78, 5) is 23.2. The largest absolute Gasteiger partial charge is 0.491 e. The molecule has 0 aliphatic carbocycles. The zero-order valence-electron chi connectivity index (χ0n) is 13.4. The molecule has 1 aliphatic heterocycles. The Balaban J connectivity index is 1.74. The van der Waals surface area contributed by atoms with Gasteiger partial charge in [-0.05, 0) is 43.5 Å². The Morgan fingerprint density at radius 1 is 1.30 bits per heavy atom. The molecule has 126 valence electrons. The van der Waals surface area contributed by atoms with Crippen LogP contribution >= 0.6 is 0 Å². The van der Waals surface area contributed by atoms with Gasteiger partial charge in [0.15, 0.2) is 6.61 Å². The van der Waals surface area contributed by atoms with E-state index < -0.39 is 5.97 Å². The van der Waals surface area contributed by atoms with Gasteiger partial charge in [-0.2, -0.15) is 0 Å². The minimum Gasteiger partial charge on any atom is -0.491 e. The first kappa shape index (κ1) is 17.3. The van der Waals surface area contributed by atoms with Crippen LogP contribution in [0.5, 0.6) is 5.75 Å². The number of carbonyl (C=O) groups excluding carboxylic acids is 2. The molecule has 0 saturated carbocycles. The van der Waals surface area contributed by atoms with Crippen LogP contribution in [0.25, 0.3) is 0 Å². The van der Waals surface area contributed by atoms with Crippen molar-refractivity contribution in [2.24, 2.45) is 0 Å². The number of amides is 1. The number of nitrogens with one attached hydrogen (secondary N) is 1. The van der Waals surface area contributed by atoms with E-state index in [-0.39, 0.29) is 18.6 Å². The zero-order chi connectivity index (χ0) is 16.5. The third kappa shape index (κ3) is 5.90. The summed E-state index contributed by atoms with van der Waals surface area (Å²) in [6.45, 7) is 3.57. The molecule has 0 spiro atoms. The number of carbonyl (C=O) groups is 2. The number of ether oxygens (including phenoxy) is 3. The summed E-state index contributed by atoms with van der Waals surface area (Å²) in [6, 6.07) is 6.67. The Hall–Kier alpha value is -2.08. The average molecular weight is 321 g/mol. The van der Waals surface area contributed by atoms with E-state index in [0.29, 0.717) is 24.5 Å². The van der Waals surface area contributed by atoms with E-state index in [2.05, 4.69) is 5.32 Å². The van der Waals surface area contributed by atoms with Gasteiger partial charge in [-0.15, -0.1) is 0 Å². The number of benzene rings is 1. The highest BCUT2D eigenvalue weighted by molar-refractivity contribution is 5.91. The van der Waals surface area contributed by atoms with Gasteiger partial charge in [0.2, 0.25) is 0 Å². The molecule has 1 atom stereocenters. The third-order valence-corrected chi connectivity index (χ3v) is 3.46. The predicted molar refractivity (Wildman–Crippen MR) is 84.5 cm³/mol. The lowest BCUT2D eigenvalue weighted by Crippen LogP contribution is -2.29. The smallest absolute Gasteiger partial charge is 0.338 e. The molecule has 0 bridgehead atoms. The van der Waals surface area contributed by atoms with Crippen LogP contribution in [0, 0.1) is 0 Å². The summed E-state index contributed by atoms with van der Waals surface area (Å²) < 4.78 is 16.1. The molecule has 6 nitrogen and oxygen atoms in total. The van der Waals surface area contributed by atoms with E-state index in [1.807, 2.05) is 6.92 Å². The quantitative estimate of drug-likeness (QED) is 0.741. The van der Waals surface area contributed by atoms with Crippen molar-refractivity contribution in [3.05, 3.63) is 29.8 Å². The first-order valence-corrected chi connectivity index (χ1v) is 7.97. The van der Waals surface area contributed by atoms with Gasteiger partial charge in [0, 0.05) is 13.2 Å². The number of hydrogen-bond acceptors (Lipinski definition) is 5. The summed E-state index contributed by atoms with van der Waals surface area (Å²) in [5.74, 6) is -0.142. The first-order chi connectivity index (χ1) is 11.2. The van der Waals surface area contributed by atoms with Gasteiger partial charge in [-0.3, -0.25) is 4.79 Å². The monoisotopic (exact) mass is 321 g/mol. The van der Waals surface area contributed by atoms with E-state index >= 15 is 0 Å². The zero-order valence-corrected chi connectivity index (χ0v) is 13.4. The van der Waals surface area contributed by atoms with Crippen LogP contribution in [0.15, 0.2) is 24.3 Å². The molecule has 1 amide bonds. The molecule has 1 fully saturated rings. The van der Waals surface area contributed by atoms with Gasteiger partial charge < -0.3 is 19.5 Å². The topological polar surface area (TPSA) is 73.9 Å². The van der Waals surface area contributed by atoms with Crippen molar-refractivity contribution in [1.82, 2.24) is 5.32 Å². The van der Waals surface area contributed by atoms with Crippen LogP contribution in [-0.2, 0) is 14.3 Å². The van der Waals surface area contributed by atoms with Crippen molar-refractivity contribution in [2.75, 3.05) is 26.4 Å². The Morgan fingerprint density at radius 2 is 2.09 bits per heavy atom. The highest BCUT2D eigenvalue weighted by Gasteiger charge is 2.16. The van der Waals surface area contributed by atoms with Crippen molar-refractivity contribution >= 4 is 11.9 Å². The third-order valence-electron chi connectivity index (χ3n) is 3.46. The van der Waals surface area contributed by atoms with Gasteiger partial charge in [-0.1, -0.05) is 6.92 Å². The molecule has 0 radical (unpaired) electrons. The highest BCUT2D eigenvalue weighted by atomic mass is 16.5. The minimum atomic E-state index is -0.526. The van der Waals surface area contributed by atoms with Crippen LogP contribution in [-0.4, -0.2) is 44.3 Å². The second-order valence-electron chi connectivity index (χ2n) is 5.40. The van der Waals surface area contributed by atoms with Crippen molar-refractivity contribution in [1.29, 1.82) is 0 Å². The SMILES string of the molecule is CCCNC(=O)COC(=O)c1ccc(OC[C@H]2CCCO2)cc1. The van der Waals surface area contributed by atoms with Crippen LogP contribution in [0.2, 0.25) is 0 Å². The molecule has 1 aromatic rings. The van der Waals surface area contributed by atoms with Crippen LogP contribution < -0.4 is 10.1 Å². The van der Waals surface area contributed by atoms with Gasteiger partial charge in [0.05, 0.1) is 11.7 Å². The second-order valence-corrected chi connectivity index (χ2v) is 5.40. The Labute approximate surface area is 136 Å². The van der Waals surface area contributed by atoms with Crippen LogP contribution in [0.1, 0.15) is 36.5 Å². The molecule has 1 heterocycles. The molecule has 1 N–H and O–H groups in total. The maximum absolute atomic E-state index is 11.8. The minimum absolute atomic E-state index is 0.154. The van der Waals surface area contributed by atoms with Crippen LogP contribution in [0.3, 0.4) is 0 Å². The predicted octanol–water partition coefficient (Wildman–Crippen LogP) is 1.93. The molecule has 2 rings (SSSR count). The van der Waals surface area contributed by atoms with Crippen molar-refractivity contribution in [2.45, 2.75) is 32.3 Å². The molecule has 23 heavy (non-hydrogen) atoms. The molecular formula is C17H23NO5. The standard InChI is InChI=1S/C17H23NO5/c1-2-9-18-16(19)12-23-17(20)13-5-7-14(8-6-13)22-11-15-4-3-10-21-15/h5-8,15H,2-4,9-12H2,1H3,(H,18,19)/t15-/m1/s1. The first-order valence-electron chi connectivity index (χ1n) is 7.97. The normalized spacial score (nSPS) is 16.8. The van der Waals surface area contributed by atoms with Gasteiger partial charge in [0.25, 0.3) is 5.91 Å². The van der Waals surface area contributed by atoms with Gasteiger partial charge in [-0.25, -0.2) is 4.79 Å². The maximum atomic E-state index is 11.8. The number of esters is 1. The summed E-state index contributed by atoms with van der Waals surface area (Å²) >= 11 is 0. The average Bonchev–Trinajstić information content (AvgIpc) is 3.10. The maximum Gasteiger partial charge on any atom is 0.338 e. The highest BCUT2D eigenvalue weighted by Crippen LogP contribution is 2.17. The Bertz CT molecular complexity index is 508. The lowest BCUT2D eigenvalue weighted by Gasteiger charge is -2.11. The molecular weight excluding hydrogens is 298 g/mol. The van der Waals surface area contributed by atoms with E-state index in [1.54, 1.807) is 24.3 Å². The van der Waals surface area contributed by atoms with E-state index in [1.165, 1.54) is 0 Å². The Morgan fingerprint density at radius 3 is 2.74 bits per heavy atom. The van der Waals surface area contributed by atoms with Gasteiger partial charge >= 0.3 is 5.97 Å². The summed E-state index contributed by atoms with van der Waals surface area (Å²) in [7, 11) is 0. The summed E-state index contributed by atoms with van der Waals surface area (Å²) in [6.07, 6.45) is 3.09. The lowest BCUT2D eigenvalue weighted by atomic mass is 10.2. The van der Waals surface area contributed by atoms with Crippen LogP contribution in [0.4, 0.5) is 0 Å². The molecule has 1 aliphatic rings. The van der Waals surface area contributed by atoms with Crippen molar-refractivity contribution in [3.8, 4) is 5.75 Å². The molecule has 0 unspecified atom stereocenters. The number of hydrogen-bond donors (Lipinski definition) is 1. The summed E-state index contributed by atoms with van der Waals surface area (Å²) in [5.41, 5.74) is 0.387. The van der Waals surface area contributed by atoms with Gasteiger partial charge in [0.1, 0.15) is 12.4 Å². The molecule has 0 aromatic heterocycles. The fourth-order valence-electron chi connectivity index (χ4n) is 2.18. The fourth-order valence-corrected chi connectivity index (χ4v) is 2.18. The van der Waals surface area contributed by atoms with Crippen molar-refractivity contribution in [3.63, 3.8) is 0 Å². The van der Waals surface area contributed by atoms with E-state index in [9.17, 15) is 9.59 Å². The number of rotatable bonds is 8. The summed E-state index contributed by atoms with van der Waals surface area (Å²) in [5, 5.41) is 2.64. The second kappa shape index (κ2) is 9.15.